The number of rotatable bonds is 1. The summed E-state index contributed by atoms with van der Waals surface area (Å²) < 4.78 is 0. The molecule has 0 aliphatic carbocycles. The van der Waals surface area contributed by atoms with E-state index in [2.05, 4.69) is 56.0 Å². The number of thioether (sulfide) groups is 1. The smallest absolute Gasteiger partial charge is 0.0416 e. The first-order valence-corrected chi connectivity index (χ1v) is 6.73. The van der Waals surface area contributed by atoms with Crippen LogP contribution in [0.2, 0.25) is 0 Å². The minimum absolute atomic E-state index is 0.540. The lowest BCUT2D eigenvalue weighted by Crippen LogP contribution is -2.38. The van der Waals surface area contributed by atoms with Gasteiger partial charge in [-0.2, -0.15) is 11.8 Å². The van der Waals surface area contributed by atoms with Crippen LogP contribution in [0, 0.1) is 13.8 Å². The van der Waals surface area contributed by atoms with Gasteiger partial charge < -0.3 is 5.32 Å². The van der Waals surface area contributed by atoms with Crippen LogP contribution in [0.1, 0.15) is 29.7 Å². The van der Waals surface area contributed by atoms with Crippen LogP contribution in [0.15, 0.2) is 18.2 Å². The quantitative estimate of drug-likeness (QED) is 0.782. The fourth-order valence-corrected chi connectivity index (χ4v) is 3.21. The van der Waals surface area contributed by atoms with Gasteiger partial charge in [0.2, 0.25) is 0 Å². The van der Waals surface area contributed by atoms with Gasteiger partial charge in [0.05, 0.1) is 0 Å². The normalized spacial score (nSPS) is 26.6. The van der Waals surface area contributed by atoms with Gasteiger partial charge in [-0.25, -0.2) is 0 Å². The Morgan fingerprint density at radius 1 is 1.27 bits per heavy atom. The van der Waals surface area contributed by atoms with E-state index in [0.717, 1.165) is 0 Å². The summed E-state index contributed by atoms with van der Waals surface area (Å²) in [5, 5.41) is 3.68. The number of hydrogen-bond donors (Lipinski definition) is 1. The van der Waals surface area contributed by atoms with Gasteiger partial charge in [0, 0.05) is 23.6 Å². The Kier molecular flexibility index (Phi) is 3.37. The van der Waals surface area contributed by atoms with Gasteiger partial charge in [0.15, 0.2) is 0 Å². The molecule has 1 nitrogen and oxygen atoms in total. The molecule has 15 heavy (non-hydrogen) atoms. The maximum atomic E-state index is 3.68. The molecular weight excluding hydrogens is 202 g/mol. The highest BCUT2D eigenvalue weighted by atomic mass is 32.2. The zero-order chi connectivity index (χ0) is 10.8. The Morgan fingerprint density at radius 2 is 2.07 bits per heavy atom. The Hall–Kier alpha value is -0.470. The van der Waals surface area contributed by atoms with Gasteiger partial charge in [-0.3, -0.25) is 0 Å². The molecule has 1 aromatic rings. The molecule has 2 rings (SSSR count). The summed E-state index contributed by atoms with van der Waals surface area (Å²) in [6.45, 7) is 6.65. The summed E-state index contributed by atoms with van der Waals surface area (Å²) in [6.07, 6.45) is 0. The second-order valence-corrected chi connectivity index (χ2v) is 5.59. The molecule has 0 spiro atoms. The van der Waals surface area contributed by atoms with Gasteiger partial charge in [-0.15, -0.1) is 0 Å². The Balaban J connectivity index is 2.24. The van der Waals surface area contributed by atoms with E-state index in [1.165, 1.54) is 28.2 Å². The van der Waals surface area contributed by atoms with E-state index in [1.807, 2.05) is 0 Å². The van der Waals surface area contributed by atoms with E-state index in [9.17, 15) is 0 Å². The largest absolute Gasteiger partial charge is 0.306 e. The molecule has 1 saturated heterocycles. The molecule has 0 saturated carbocycles. The van der Waals surface area contributed by atoms with Crippen LogP contribution in [0.4, 0.5) is 0 Å². The van der Waals surface area contributed by atoms with E-state index in [1.54, 1.807) is 0 Å². The molecule has 1 aliphatic rings. The highest BCUT2D eigenvalue weighted by Gasteiger charge is 2.20. The van der Waals surface area contributed by atoms with Crippen molar-refractivity contribution in [2.24, 2.45) is 0 Å². The zero-order valence-electron chi connectivity index (χ0n) is 9.71. The maximum Gasteiger partial charge on any atom is 0.0416 e. The second kappa shape index (κ2) is 4.58. The van der Waals surface area contributed by atoms with Crippen molar-refractivity contribution in [3.8, 4) is 0 Å². The first-order chi connectivity index (χ1) is 7.16. The topological polar surface area (TPSA) is 12.0 Å². The Morgan fingerprint density at radius 3 is 2.80 bits per heavy atom. The van der Waals surface area contributed by atoms with E-state index in [0.29, 0.717) is 12.1 Å². The van der Waals surface area contributed by atoms with E-state index in [-0.39, 0.29) is 0 Å². The van der Waals surface area contributed by atoms with Crippen molar-refractivity contribution in [1.29, 1.82) is 0 Å². The van der Waals surface area contributed by atoms with Crippen LogP contribution in [-0.4, -0.2) is 17.5 Å². The lowest BCUT2D eigenvalue weighted by Gasteiger charge is -2.30. The van der Waals surface area contributed by atoms with Crippen molar-refractivity contribution < 1.29 is 0 Å². The van der Waals surface area contributed by atoms with Crippen LogP contribution in [-0.2, 0) is 0 Å². The Bertz CT molecular complexity index is 348. The summed E-state index contributed by atoms with van der Waals surface area (Å²) >= 11 is 2.06. The standard InChI is InChI=1S/C13H19NS/c1-9-4-5-10(2)12(6-9)13-8-15-7-11(3)14-13/h4-6,11,13-14H,7-8H2,1-3H3. The van der Waals surface area contributed by atoms with Crippen molar-refractivity contribution in [2.45, 2.75) is 32.9 Å². The third-order valence-electron chi connectivity index (χ3n) is 2.95. The average molecular weight is 221 g/mol. The van der Waals surface area contributed by atoms with Gasteiger partial charge >= 0.3 is 0 Å². The minimum Gasteiger partial charge on any atom is -0.306 e. The molecular formula is C13H19NS. The van der Waals surface area contributed by atoms with Crippen LogP contribution < -0.4 is 5.32 Å². The third-order valence-corrected chi connectivity index (χ3v) is 4.25. The highest BCUT2D eigenvalue weighted by Crippen LogP contribution is 2.27. The zero-order valence-corrected chi connectivity index (χ0v) is 10.5. The highest BCUT2D eigenvalue weighted by molar-refractivity contribution is 7.99. The van der Waals surface area contributed by atoms with E-state index >= 15 is 0 Å². The van der Waals surface area contributed by atoms with Crippen LogP contribution in [0.3, 0.4) is 0 Å². The average Bonchev–Trinajstić information content (AvgIpc) is 2.22. The fourth-order valence-electron chi connectivity index (χ4n) is 2.12. The number of hydrogen-bond acceptors (Lipinski definition) is 2. The summed E-state index contributed by atoms with van der Waals surface area (Å²) in [4.78, 5) is 0. The molecule has 1 heterocycles. The molecule has 82 valence electrons. The molecule has 0 bridgehead atoms. The maximum absolute atomic E-state index is 3.68. The molecule has 0 amide bonds. The van der Waals surface area contributed by atoms with Crippen LogP contribution in [0.25, 0.3) is 0 Å². The molecule has 0 aromatic heterocycles. The number of benzene rings is 1. The van der Waals surface area contributed by atoms with Crippen molar-refractivity contribution in [1.82, 2.24) is 5.32 Å². The SMILES string of the molecule is Cc1ccc(C)c(C2CSCC(C)N2)c1. The van der Waals surface area contributed by atoms with Crippen molar-refractivity contribution in [3.05, 3.63) is 34.9 Å². The summed E-state index contributed by atoms with van der Waals surface area (Å²) in [5.74, 6) is 2.44. The summed E-state index contributed by atoms with van der Waals surface area (Å²) in [6, 6.07) is 7.92. The van der Waals surface area contributed by atoms with Crippen molar-refractivity contribution in [2.75, 3.05) is 11.5 Å². The fraction of sp³-hybridized carbons (Fsp3) is 0.538. The lowest BCUT2D eigenvalue weighted by atomic mass is 9.99. The van der Waals surface area contributed by atoms with E-state index in [4.69, 9.17) is 0 Å². The van der Waals surface area contributed by atoms with E-state index < -0.39 is 0 Å². The van der Waals surface area contributed by atoms with Crippen LogP contribution >= 0.6 is 11.8 Å². The third kappa shape index (κ3) is 2.56. The summed E-state index contributed by atoms with van der Waals surface area (Å²) in [7, 11) is 0. The molecule has 2 unspecified atom stereocenters. The van der Waals surface area contributed by atoms with Gasteiger partial charge in [0.1, 0.15) is 0 Å². The predicted molar refractivity (Wildman–Crippen MR) is 68.6 cm³/mol. The number of aryl methyl sites for hydroxylation is 2. The molecule has 1 aliphatic heterocycles. The molecule has 1 aromatic carbocycles. The van der Waals surface area contributed by atoms with Crippen molar-refractivity contribution in [3.63, 3.8) is 0 Å². The minimum atomic E-state index is 0.540. The lowest BCUT2D eigenvalue weighted by molar-refractivity contribution is 0.501. The monoisotopic (exact) mass is 221 g/mol. The van der Waals surface area contributed by atoms with Crippen molar-refractivity contribution >= 4 is 11.8 Å². The molecule has 2 atom stereocenters. The molecule has 2 heteroatoms. The van der Waals surface area contributed by atoms with Crippen LogP contribution in [0.5, 0.6) is 0 Å². The molecule has 0 radical (unpaired) electrons. The van der Waals surface area contributed by atoms with Gasteiger partial charge in [-0.05, 0) is 31.9 Å². The first kappa shape index (κ1) is 11.0. The Labute approximate surface area is 96.7 Å². The predicted octanol–water partition coefficient (Wildman–Crippen LogP) is 3.07. The summed E-state index contributed by atoms with van der Waals surface area (Å²) in [5.41, 5.74) is 4.25. The van der Waals surface area contributed by atoms with Gasteiger partial charge in [-0.1, -0.05) is 23.8 Å². The molecule has 1 N–H and O–H groups in total. The molecule has 1 fully saturated rings. The van der Waals surface area contributed by atoms with Gasteiger partial charge in [0.25, 0.3) is 0 Å². The second-order valence-electron chi connectivity index (χ2n) is 4.52. The first-order valence-electron chi connectivity index (χ1n) is 5.58. The number of nitrogens with one attached hydrogen (secondary N) is 1.